The zero-order valence-corrected chi connectivity index (χ0v) is 21.4. The summed E-state index contributed by atoms with van der Waals surface area (Å²) in [4.78, 5) is 25.7. The molecule has 0 saturated carbocycles. The second kappa shape index (κ2) is 10.7. The number of hydrogen-bond donors (Lipinski definition) is 3. The molecule has 184 valence electrons. The third-order valence-corrected chi connectivity index (χ3v) is 7.28. The number of benzene rings is 3. The molecule has 1 atom stereocenters. The van der Waals surface area contributed by atoms with Gasteiger partial charge in [-0.05, 0) is 75.6 Å². The van der Waals surface area contributed by atoms with Crippen LogP contribution in [0.15, 0.2) is 65.6 Å². The zero-order valence-electron chi connectivity index (χ0n) is 20.6. The lowest BCUT2D eigenvalue weighted by Crippen LogP contribution is -2.32. The van der Waals surface area contributed by atoms with Gasteiger partial charge in [-0.3, -0.25) is 14.3 Å². The summed E-state index contributed by atoms with van der Waals surface area (Å²) in [5.74, 6) is -0.808. The standard InChI is InChI=1S/C27H31N3O4S/c1-6-20(5)28-27(32)22-9-7-8-10-24(22)29-26(31)21-13-12-18(3)25(16-21)35(33,34)30-23-14-11-17(2)15-19(23)4/h7-16,20,30H,6H2,1-5H3,(H,28,32)(H,29,31)/t20-/m0/s1. The lowest BCUT2D eigenvalue weighted by Gasteiger charge is -2.16. The summed E-state index contributed by atoms with van der Waals surface area (Å²) < 4.78 is 29.0. The van der Waals surface area contributed by atoms with Crippen molar-refractivity contribution in [2.75, 3.05) is 10.0 Å². The predicted octanol–water partition coefficient (Wildman–Crippen LogP) is 5.19. The van der Waals surface area contributed by atoms with Crippen molar-refractivity contribution in [1.82, 2.24) is 5.32 Å². The first-order chi connectivity index (χ1) is 16.5. The molecule has 3 N–H and O–H groups in total. The Kier molecular flexibility index (Phi) is 7.96. The molecule has 0 aliphatic rings. The van der Waals surface area contributed by atoms with Crippen LogP contribution in [0.4, 0.5) is 11.4 Å². The molecule has 3 rings (SSSR count). The highest BCUT2D eigenvalue weighted by molar-refractivity contribution is 7.92. The van der Waals surface area contributed by atoms with Crippen molar-refractivity contribution in [3.8, 4) is 0 Å². The Hall–Kier alpha value is -3.65. The van der Waals surface area contributed by atoms with Gasteiger partial charge in [0.15, 0.2) is 0 Å². The van der Waals surface area contributed by atoms with Gasteiger partial charge in [0.05, 0.1) is 21.8 Å². The monoisotopic (exact) mass is 493 g/mol. The van der Waals surface area contributed by atoms with Crippen LogP contribution in [0.3, 0.4) is 0 Å². The highest BCUT2D eigenvalue weighted by atomic mass is 32.2. The summed E-state index contributed by atoms with van der Waals surface area (Å²) >= 11 is 0. The number of rotatable bonds is 8. The lowest BCUT2D eigenvalue weighted by molar-refractivity contribution is 0.0940. The molecule has 3 aromatic carbocycles. The number of sulfonamides is 1. The van der Waals surface area contributed by atoms with Crippen molar-refractivity contribution in [3.63, 3.8) is 0 Å². The Labute approximate surface area is 207 Å². The summed E-state index contributed by atoms with van der Waals surface area (Å²) in [6, 6.07) is 16.6. The van der Waals surface area contributed by atoms with Crippen LogP contribution in [0.1, 0.15) is 57.7 Å². The maximum atomic E-state index is 13.2. The Morgan fingerprint density at radius 1 is 0.857 bits per heavy atom. The Bertz CT molecular complexity index is 1370. The number of nitrogens with one attached hydrogen (secondary N) is 3. The lowest BCUT2D eigenvalue weighted by atomic mass is 10.1. The third kappa shape index (κ3) is 6.27. The third-order valence-electron chi connectivity index (χ3n) is 5.78. The van der Waals surface area contributed by atoms with Gasteiger partial charge in [-0.15, -0.1) is 0 Å². The van der Waals surface area contributed by atoms with Gasteiger partial charge in [-0.25, -0.2) is 8.42 Å². The molecule has 7 nitrogen and oxygen atoms in total. The second-order valence-electron chi connectivity index (χ2n) is 8.69. The molecule has 8 heteroatoms. The highest BCUT2D eigenvalue weighted by Crippen LogP contribution is 2.24. The minimum Gasteiger partial charge on any atom is -0.350 e. The van der Waals surface area contributed by atoms with Crippen LogP contribution in [0, 0.1) is 20.8 Å². The van der Waals surface area contributed by atoms with Crippen molar-refractivity contribution in [2.24, 2.45) is 0 Å². The molecule has 0 spiro atoms. The maximum Gasteiger partial charge on any atom is 0.262 e. The Balaban J connectivity index is 1.88. The van der Waals surface area contributed by atoms with Crippen LogP contribution in [-0.4, -0.2) is 26.3 Å². The normalized spacial score (nSPS) is 12.0. The first kappa shape index (κ1) is 26.0. The number of anilines is 2. The van der Waals surface area contributed by atoms with E-state index in [1.165, 1.54) is 6.07 Å². The minimum atomic E-state index is -3.94. The fourth-order valence-electron chi connectivity index (χ4n) is 3.55. The molecule has 0 aromatic heterocycles. The molecule has 0 heterocycles. The van der Waals surface area contributed by atoms with Crippen molar-refractivity contribution >= 4 is 33.2 Å². The molecule has 35 heavy (non-hydrogen) atoms. The summed E-state index contributed by atoms with van der Waals surface area (Å²) in [7, 11) is -3.94. The molecule has 3 aromatic rings. The predicted molar refractivity (Wildman–Crippen MR) is 140 cm³/mol. The summed E-state index contributed by atoms with van der Waals surface area (Å²) in [5, 5.41) is 5.64. The number of carbonyl (C=O) groups is 2. The average Bonchev–Trinajstić information content (AvgIpc) is 2.81. The molecule has 0 radical (unpaired) electrons. The first-order valence-corrected chi connectivity index (χ1v) is 12.9. The van der Waals surface area contributed by atoms with Crippen LogP contribution >= 0.6 is 0 Å². The minimum absolute atomic E-state index is 0.00734. The van der Waals surface area contributed by atoms with Crippen molar-refractivity contribution < 1.29 is 18.0 Å². The van der Waals surface area contributed by atoms with Crippen molar-refractivity contribution in [2.45, 2.75) is 52.0 Å². The van der Waals surface area contributed by atoms with Gasteiger partial charge in [0, 0.05) is 11.6 Å². The molecule has 2 amide bonds. The topological polar surface area (TPSA) is 104 Å². The van der Waals surface area contributed by atoms with Crippen LogP contribution in [0.25, 0.3) is 0 Å². The number of carbonyl (C=O) groups excluding carboxylic acids is 2. The van der Waals surface area contributed by atoms with E-state index in [4.69, 9.17) is 0 Å². The van der Waals surface area contributed by atoms with E-state index in [9.17, 15) is 18.0 Å². The molecular weight excluding hydrogens is 462 g/mol. The van der Waals surface area contributed by atoms with Gasteiger partial charge < -0.3 is 10.6 Å². The molecule has 0 fully saturated rings. The first-order valence-electron chi connectivity index (χ1n) is 11.4. The van der Waals surface area contributed by atoms with Crippen molar-refractivity contribution in [1.29, 1.82) is 0 Å². The highest BCUT2D eigenvalue weighted by Gasteiger charge is 2.21. The van der Waals surface area contributed by atoms with E-state index in [0.29, 0.717) is 22.5 Å². The fraction of sp³-hybridized carbons (Fsp3) is 0.259. The van der Waals surface area contributed by atoms with Gasteiger partial charge in [0.1, 0.15) is 0 Å². The van der Waals surface area contributed by atoms with Gasteiger partial charge in [0.2, 0.25) is 0 Å². The molecule has 0 bridgehead atoms. The number of aryl methyl sites for hydroxylation is 3. The Morgan fingerprint density at radius 2 is 1.57 bits per heavy atom. The van der Waals surface area contributed by atoms with Crippen molar-refractivity contribution in [3.05, 3.63) is 88.5 Å². The van der Waals surface area contributed by atoms with Crippen LogP contribution in [0.2, 0.25) is 0 Å². The van der Waals surface area contributed by atoms with Gasteiger partial charge in [-0.2, -0.15) is 0 Å². The fourth-order valence-corrected chi connectivity index (χ4v) is 4.95. The molecule has 0 aliphatic carbocycles. The zero-order chi connectivity index (χ0) is 25.8. The van der Waals surface area contributed by atoms with E-state index in [-0.39, 0.29) is 22.4 Å². The van der Waals surface area contributed by atoms with E-state index in [2.05, 4.69) is 15.4 Å². The average molecular weight is 494 g/mol. The van der Waals surface area contributed by atoms with Crippen LogP contribution in [0.5, 0.6) is 0 Å². The SMILES string of the molecule is CC[C@H](C)NC(=O)c1ccccc1NC(=O)c1ccc(C)c(S(=O)(=O)Nc2ccc(C)cc2C)c1. The number of para-hydroxylation sites is 1. The number of hydrogen-bond acceptors (Lipinski definition) is 4. The van der Waals surface area contributed by atoms with E-state index >= 15 is 0 Å². The van der Waals surface area contributed by atoms with Crippen LogP contribution in [-0.2, 0) is 10.0 Å². The van der Waals surface area contributed by atoms with E-state index in [0.717, 1.165) is 17.5 Å². The quantitative estimate of drug-likeness (QED) is 0.401. The summed E-state index contributed by atoms with van der Waals surface area (Å²) in [5.41, 5.74) is 3.65. The largest absolute Gasteiger partial charge is 0.350 e. The summed E-state index contributed by atoms with van der Waals surface area (Å²) in [6.45, 7) is 9.31. The van der Waals surface area contributed by atoms with E-state index in [1.54, 1.807) is 49.4 Å². The smallest absolute Gasteiger partial charge is 0.262 e. The Morgan fingerprint density at radius 3 is 2.26 bits per heavy atom. The number of amides is 2. The van der Waals surface area contributed by atoms with Crippen LogP contribution < -0.4 is 15.4 Å². The summed E-state index contributed by atoms with van der Waals surface area (Å²) in [6.07, 6.45) is 0.775. The maximum absolute atomic E-state index is 13.2. The van der Waals surface area contributed by atoms with Gasteiger partial charge in [0.25, 0.3) is 21.8 Å². The molecular formula is C27H31N3O4S. The van der Waals surface area contributed by atoms with E-state index in [1.807, 2.05) is 39.8 Å². The van der Waals surface area contributed by atoms with Gasteiger partial charge in [-0.1, -0.05) is 42.8 Å². The van der Waals surface area contributed by atoms with Gasteiger partial charge >= 0.3 is 0 Å². The molecule has 0 aliphatic heterocycles. The molecule has 0 saturated heterocycles. The molecule has 0 unspecified atom stereocenters. The second-order valence-corrected chi connectivity index (χ2v) is 10.3. The van der Waals surface area contributed by atoms with E-state index < -0.39 is 15.9 Å².